The Labute approximate surface area is 250 Å². The molecule has 2 unspecified atom stereocenters. The molecule has 0 N–H and O–H groups in total. The highest BCUT2D eigenvalue weighted by molar-refractivity contribution is 5.01. The summed E-state index contributed by atoms with van der Waals surface area (Å²) in [7, 11) is 0. The van der Waals surface area contributed by atoms with Gasteiger partial charge in [-0.25, -0.2) is 0 Å². The first-order valence-electron chi connectivity index (χ1n) is 14.4. The fourth-order valence-corrected chi connectivity index (χ4v) is 1.08. The highest BCUT2D eigenvalue weighted by Gasteiger charge is 2.17. The molecule has 0 spiro atoms. The van der Waals surface area contributed by atoms with Gasteiger partial charge >= 0.3 is 0 Å². The summed E-state index contributed by atoms with van der Waals surface area (Å²) in [6.45, 7) is 35.3. The molecule has 0 aromatic heterocycles. The van der Waals surface area contributed by atoms with Gasteiger partial charge in [-0.15, -0.1) is 73.6 Å². The third-order valence-corrected chi connectivity index (χ3v) is 5.63. The van der Waals surface area contributed by atoms with Gasteiger partial charge in [0.25, 0.3) is 0 Å². The zero-order chi connectivity index (χ0) is 32.8. The van der Waals surface area contributed by atoms with Crippen LogP contribution in [0.2, 0.25) is 0 Å². The van der Waals surface area contributed by atoms with E-state index in [1.807, 2.05) is 20.8 Å². The van der Waals surface area contributed by atoms with Crippen LogP contribution in [0.5, 0.6) is 0 Å². The molecule has 0 aliphatic carbocycles. The molecule has 2 atom stereocenters. The van der Waals surface area contributed by atoms with Crippen molar-refractivity contribution in [1.29, 1.82) is 0 Å². The van der Waals surface area contributed by atoms with E-state index >= 15 is 0 Å². The van der Waals surface area contributed by atoms with Crippen molar-refractivity contribution in [2.45, 2.75) is 124 Å². The van der Waals surface area contributed by atoms with Crippen LogP contribution in [0.3, 0.4) is 0 Å². The molecule has 222 valence electrons. The minimum Gasteiger partial charge on any atom is -0.120 e. The average Bonchev–Trinajstić information content (AvgIpc) is 2.84. The van der Waals surface area contributed by atoms with Gasteiger partial charge in [-0.05, 0) is 44.4 Å². The molecular formula is C39H66. The average molecular weight is 535 g/mol. The summed E-state index contributed by atoms with van der Waals surface area (Å²) in [6.07, 6.45) is 26.3. The maximum Gasteiger partial charge on any atom is 0.0278 e. The van der Waals surface area contributed by atoms with Crippen LogP contribution < -0.4 is 0 Å². The molecule has 0 aliphatic heterocycles. The van der Waals surface area contributed by atoms with Gasteiger partial charge in [0.2, 0.25) is 0 Å². The molecule has 0 fully saturated rings. The van der Waals surface area contributed by atoms with E-state index in [4.69, 9.17) is 32.1 Å². The van der Waals surface area contributed by atoms with Gasteiger partial charge in [-0.3, -0.25) is 0 Å². The Hall–Kier alpha value is -2.64. The molecule has 0 aromatic carbocycles. The SMILES string of the molecule is C#CC(C)(C)C(C)C.C#CC(C)C.C#CC(C)C(C)C.C#CC(C)C(C)C.C#CCC(C)C.CC#CC(C)C. The van der Waals surface area contributed by atoms with Crippen molar-refractivity contribution in [2.75, 3.05) is 0 Å². The van der Waals surface area contributed by atoms with Crippen LogP contribution in [0, 0.1) is 126 Å². The first-order valence-corrected chi connectivity index (χ1v) is 14.4. The molecule has 0 saturated heterocycles. The first kappa shape index (κ1) is 49.3. The van der Waals surface area contributed by atoms with Crippen molar-refractivity contribution in [3.8, 4) is 73.6 Å². The molecule has 0 aromatic rings. The Kier molecular flexibility index (Phi) is 42.2. The van der Waals surface area contributed by atoms with Crippen LogP contribution in [-0.2, 0) is 0 Å². The predicted octanol–water partition coefficient (Wildman–Crippen LogP) is 10.7. The number of hydrogen-bond acceptors (Lipinski definition) is 0. The fourth-order valence-electron chi connectivity index (χ4n) is 1.08. The smallest absolute Gasteiger partial charge is 0.0278 e. The molecule has 0 rings (SSSR count). The summed E-state index contributed by atoms with van der Waals surface area (Å²) < 4.78 is 0. The molecule has 0 heterocycles. The minimum absolute atomic E-state index is 0.0694. The van der Waals surface area contributed by atoms with E-state index in [1.165, 1.54) is 0 Å². The molecule has 39 heavy (non-hydrogen) atoms. The van der Waals surface area contributed by atoms with E-state index in [2.05, 4.69) is 138 Å². The van der Waals surface area contributed by atoms with Crippen molar-refractivity contribution in [3.63, 3.8) is 0 Å². The lowest BCUT2D eigenvalue weighted by Gasteiger charge is -2.21. The second-order valence-electron chi connectivity index (χ2n) is 12.1. The summed E-state index contributed by atoms with van der Waals surface area (Å²) in [5, 5.41) is 0. The maximum absolute atomic E-state index is 5.26. The van der Waals surface area contributed by atoms with E-state index in [-0.39, 0.29) is 5.41 Å². The fraction of sp³-hybridized carbons (Fsp3) is 0.692. The maximum atomic E-state index is 5.26. The van der Waals surface area contributed by atoms with E-state index in [1.54, 1.807) is 0 Å². The third-order valence-electron chi connectivity index (χ3n) is 5.63. The van der Waals surface area contributed by atoms with Crippen molar-refractivity contribution in [2.24, 2.45) is 52.8 Å². The number of hydrogen-bond donors (Lipinski definition) is 0. The normalized spacial score (nSPS) is 10.6. The lowest BCUT2D eigenvalue weighted by Crippen LogP contribution is -2.15. The van der Waals surface area contributed by atoms with Gasteiger partial charge in [0.1, 0.15) is 0 Å². The monoisotopic (exact) mass is 535 g/mol. The Bertz CT molecular complexity index is 756. The second-order valence-corrected chi connectivity index (χ2v) is 12.1. The lowest BCUT2D eigenvalue weighted by atomic mass is 9.82. The summed E-state index contributed by atoms with van der Waals surface area (Å²) in [6, 6.07) is 0. The molecule has 0 radical (unpaired) electrons. The Morgan fingerprint density at radius 3 is 0.897 bits per heavy atom. The molecular weight excluding hydrogens is 468 g/mol. The molecule has 0 nitrogen and oxygen atoms in total. The van der Waals surface area contributed by atoms with Crippen LogP contribution in [0.15, 0.2) is 0 Å². The standard InChI is InChI=1S/C8H14.2C7H12.2C6H10.C5H8/c1-6-8(4,5)7(2)3;2*1-5-7(4)6(2)3;2*1-4-5-6(2)3;1-4-5(2)3/h1,7H,2-5H3;2*1,6-7H,2-4H3;6H,1-3H3;1,6H,5H2,2-3H3;1,5H,2-3H3. The molecule has 0 heteroatoms. The van der Waals surface area contributed by atoms with Crippen LogP contribution in [-0.4, -0.2) is 0 Å². The van der Waals surface area contributed by atoms with Crippen molar-refractivity contribution in [3.05, 3.63) is 0 Å². The van der Waals surface area contributed by atoms with Crippen LogP contribution in [0.1, 0.15) is 124 Å². The summed E-state index contributed by atoms with van der Waals surface area (Å²) in [5.41, 5.74) is 0.0694. The molecule has 0 saturated carbocycles. The summed E-state index contributed by atoms with van der Waals surface area (Å²) in [5.74, 6) is 23.2. The van der Waals surface area contributed by atoms with Gasteiger partial charge in [-0.1, -0.05) is 96.9 Å². The molecule has 0 aliphatic rings. The van der Waals surface area contributed by atoms with Crippen molar-refractivity contribution < 1.29 is 0 Å². The topological polar surface area (TPSA) is 0 Å². The van der Waals surface area contributed by atoms with Gasteiger partial charge in [-0.2, -0.15) is 0 Å². The number of terminal acetylenes is 5. The Morgan fingerprint density at radius 2 is 0.897 bits per heavy atom. The van der Waals surface area contributed by atoms with Gasteiger partial charge in [0, 0.05) is 35.5 Å². The van der Waals surface area contributed by atoms with Crippen molar-refractivity contribution in [1.82, 2.24) is 0 Å². The van der Waals surface area contributed by atoms with Crippen LogP contribution in [0.4, 0.5) is 0 Å². The van der Waals surface area contributed by atoms with Gasteiger partial charge in [0.15, 0.2) is 0 Å². The van der Waals surface area contributed by atoms with Crippen molar-refractivity contribution >= 4 is 0 Å². The Balaban J connectivity index is -0.0000000843. The lowest BCUT2D eigenvalue weighted by molar-refractivity contribution is 0.350. The van der Waals surface area contributed by atoms with Gasteiger partial charge in [0.05, 0.1) is 0 Å². The van der Waals surface area contributed by atoms with E-state index in [0.29, 0.717) is 47.3 Å². The predicted molar refractivity (Wildman–Crippen MR) is 183 cm³/mol. The minimum atomic E-state index is 0.0694. The largest absolute Gasteiger partial charge is 0.120 e. The third kappa shape index (κ3) is 56.6. The highest BCUT2D eigenvalue weighted by atomic mass is 14.2. The first-order chi connectivity index (χ1) is 17.7. The summed E-state index contributed by atoms with van der Waals surface area (Å²) >= 11 is 0. The van der Waals surface area contributed by atoms with E-state index in [9.17, 15) is 0 Å². The summed E-state index contributed by atoms with van der Waals surface area (Å²) in [4.78, 5) is 0. The quantitative estimate of drug-likeness (QED) is 0.315. The number of rotatable bonds is 4. The zero-order valence-electron chi connectivity index (χ0n) is 29.2. The van der Waals surface area contributed by atoms with Crippen LogP contribution >= 0.6 is 0 Å². The Morgan fingerprint density at radius 1 is 0.564 bits per heavy atom. The van der Waals surface area contributed by atoms with E-state index in [0.717, 1.165) is 6.42 Å². The zero-order valence-corrected chi connectivity index (χ0v) is 29.2. The molecule has 0 bridgehead atoms. The van der Waals surface area contributed by atoms with E-state index < -0.39 is 0 Å². The van der Waals surface area contributed by atoms with Crippen LogP contribution in [0.25, 0.3) is 0 Å². The second kappa shape index (κ2) is 33.4. The van der Waals surface area contributed by atoms with Gasteiger partial charge < -0.3 is 0 Å². The molecule has 0 amide bonds. The highest BCUT2D eigenvalue weighted by Crippen LogP contribution is 2.23.